The van der Waals surface area contributed by atoms with Crippen molar-refractivity contribution in [1.29, 1.82) is 0 Å². The molecule has 4 heteroatoms. The highest BCUT2D eigenvalue weighted by molar-refractivity contribution is 5.49. The second-order valence-corrected chi connectivity index (χ2v) is 9.78. The van der Waals surface area contributed by atoms with Gasteiger partial charge in [-0.2, -0.15) is 0 Å². The van der Waals surface area contributed by atoms with Gasteiger partial charge in [0.25, 0.3) is 0 Å². The minimum atomic E-state index is -0.340. The van der Waals surface area contributed by atoms with E-state index < -0.39 is 0 Å². The van der Waals surface area contributed by atoms with Crippen LogP contribution in [0.5, 0.6) is 5.75 Å². The van der Waals surface area contributed by atoms with Crippen LogP contribution in [0.15, 0.2) is 18.2 Å². The number of hydrogen-bond donors (Lipinski definition) is 0. The lowest BCUT2D eigenvalue weighted by Crippen LogP contribution is -2.62. The Morgan fingerprint density at radius 1 is 1.15 bits per heavy atom. The quantitative estimate of drug-likeness (QED) is 0.816. The largest absolute Gasteiger partial charge is 0.497 e. The van der Waals surface area contributed by atoms with E-state index in [0.29, 0.717) is 5.41 Å². The molecule has 0 aromatic heterocycles. The van der Waals surface area contributed by atoms with Crippen LogP contribution in [0, 0.1) is 11.3 Å². The van der Waals surface area contributed by atoms with E-state index in [1.54, 1.807) is 12.7 Å². The second kappa shape index (κ2) is 5.71. The summed E-state index contributed by atoms with van der Waals surface area (Å²) in [7, 11) is 1.78. The lowest BCUT2D eigenvalue weighted by Gasteiger charge is -2.59. The topological polar surface area (TPSA) is 30.9 Å². The molecule has 2 heterocycles. The van der Waals surface area contributed by atoms with Crippen molar-refractivity contribution in [2.75, 3.05) is 40.0 Å². The highest BCUT2D eigenvalue weighted by Crippen LogP contribution is 2.66. The molecule has 0 bridgehead atoms. The van der Waals surface area contributed by atoms with Crippen molar-refractivity contribution < 1.29 is 14.2 Å². The van der Waals surface area contributed by atoms with Gasteiger partial charge in [-0.25, -0.2) is 0 Å². The summed E-state index contributed by atoms with van der Waals surface area (Å²) in [5, 5.41) is 0. The number of methoxy groups -OCH3 is 1. The van der Waals surface area contributed by atoms with Gasteiger partial charge in [0, 0.05) is 31.3 Å². The summed E-state index contributed by atoms with van der Waals surface area (Å²) in [4.78, 5) is 2.79. The number of nitrogens with zero attached hydrogens (tertiary/aromatic N) is 1. The third kappa shape index (κ3) is 2.39. The first-order valence-electron chi connectivity index (χ1n) is 10.8. The van der Waals surface area contributed by atoms with E-state index in [2.05, 4.69) is 23.1 Å². The summed E-state index contributed by atoms with van der Waals surface area (Å²) < 4.78 is 18.1. The van der Waals surface area contributed by atoms with E-state index in [9.17, 15) is 0 Å². The SMILES string of the molecule is COc1ccc2c(c1)[C@]13CCN(CC4CC4)C[C@@]1(CCC1(C3)OCCO1)C2. The van der Waals surface area contributed by atoms with Crippen molar-refractivity contribution in [3.05, 3.63) is 29.3 Å². The van der Waals surface area contributed by atoms with Crippen molar-refractivity contribution in [2.45, 2.75) is 56.1 Å². The molecular formula is C23H31NO3. The smallest absolute Gasteiger partial charge is 0.169 e. The molecule has 2 atom stereocenters. The van der Waals surface area contributed by atoms with Crippen LogP contribution in [0.25, 0.3) is 0 Å². The van der Waals surface area contributed by atoms with Gasteiger partial charge in [-0.05, 0) is 73.2 Å². The minimum Gasteiger partial charge on any atom is -0.497 e. The van der Waals surface area contributed by atoms with Crippen molar-refractivity contribution in [2.24, 2.45) is 11.3 Å². The average molecular weight is 370 g/mol. The highest BCUT2D eigenvalue weighted by Gasteiger charge is 2.66. The van der Waals surface area contributed by atoms with Gasteiger partial charge in [-0.3, -0.25) is 0 Å². The monoisotopic (exact) mass is 369 g/mol. The van der Waals surface area contributed by atoms with Crippen LogP contribution in [0.3, 0.4) is 0 Å². The third-order valence-electron chi connectivity index (χ3n) is 8.34. The number of fused-ring (bicyclic) bond motifs is 1. The zero-order valence-electron chi connectivity index (χ0n) is 16.5. The van der Waals surface area contributed by atoms with Gasteiger partial charge in [0.05, 0.1) is 20.3 Å². The molecule has 0 unspecified atom stereocenters. The Labute approximate surface area is 162 Å². The van der Waals surface area contributed by atoms with Gasteiger partial charge in [0.15, 0.2) is 5.79 Å². The van der Waals surface area contributed by atoms with Crippen LogP contribution in [-0.4, -0.2) is 50.6 Å². The van der Waals surface area contributed by atoms with Crippen molar-refractivity contribution >= 4 is 0 Å². The molecule has 2 saturated carbocycles. The van der Waals surface area contributed by atoms with Gasteiger partial charge >= 0.3 is 0 Å². The lowest BCUT2D eigenvalue weighted by atomic mass is 9.51. The fraction of sp³-hybridized carbons (Fsp3) is 0.739. The van der Waals surface area contributed by atoms with Crippen molar-refractivity contribution in [1.82, 2.24) is 4.90 Å². The Kier molecular flexibility index (Phi) is 3.56. The second-order valence-electron chi connectivity index (χ2n) is 9.78. The third-order valence-corrected chi connectivity index (χ3v) is 8.34. The molecule has 6 rings (SSSR count). The molecule has 0 amide bonds. The van der Waals surface area contributed by atoms with Gasteiger partial charge in [0.1, 0.15) is 5.75 Å². The maximum absolute atomic E-state index is 6.24. The number of ether oxygens (including phenoxy) is 3. The molecule has 1 aromatic rings. The predicted octanol–water partition coefficient (Wildman–Crippen LogP) is 3.52. The van der Waals surface area contributed by atoms with Crippen LogP contribution in [0.1, 0.15) is 49.7 Å². The zero-order valence-corrected chi connectivity index (χ0v) is 16.5. The summed E-state index contributed by atoms with van der Waals surface area (Å²) in [5.74, 6) is 1.62. The Balaban J connectivity index is 1.42. The number of hydrogen-bond acceptors (Lipinski definition) is 4. The van der Waals surface area contributed by atoms with Crippen LogP contribution >= 0.6 is 0 Å². The van der Waals surface area contributed by atoms with Crippen molar-refractivity contribution in [3.63, 3.8) is 0 Å². The fourth-order valence-corrected chi connectivity index (χ4v) is 6.89. The number of rotatable bonds is 3. The maximum atomic E-state index is 6.24. The molecule has 5 aliphatic rings. The molecular weight excluding hydrogens is 338 g/mol. The van der Waals surface area contributed by atoms with Crippen LogP contribution < -0.4 is 4.74 Å². The summed E-state index contributed by atoms with van der Waals surface area (Å²) in [6.07, 6.45) is 8.62. The first-order chi connectivity index (χ1) is 13.2. The summed E-state index contributed by atoms with van der Waals surface area (Å²) in [6.45, 7) is 5.28. The normalized spacial score (nSPS) is 37.1. The van der Waals surface area contributed by atoms with Crippen LogP contribution in [-0.2, 0) is 21.3 Å². The number of piperidine rings is 1. The van der Waals surface area contributed by atoms with Gasteiger partial charge in [0.2, 0.25) is 0 Å². The van der Waals surface area contributed by atoms with Crippen molar-refractivity contribution in [3.8, 4) is 5.75 Å². The van der Waals surface area contributed by atoms with E-state index >= 15 is 0 Å². The summed E-state index contributed by atoms with van der Waals surface area (Å²) in [6, 6.07) is 6.81. The molecule has 146 valence electrons. The standard InChI is InChI=1S/C23H31NO3/c1-25-19-5-4-18-13-21-6-7-23(26-10-11-27-23)15-22(21,20(18)12-19)8-9-24(16-21)14-17-2-3-17/h4-5,12,17H,2-3,6-11,13-16H2,1H3/t21-,22-/m1/s1. The molecule has 1 spiro atoms. The van der Waals surface area contributed by atoms with E-state index in [1.807, 2.05) is 0 Å². The number of benzene rings is 1. The molecule has 1 aromatic carbocycles. The maximum Gasteiger partial charge on any atom is 0.169 e. The van der Waals surface area contributed by atoms with E-state index in [0.717, 1.165) is 37.7 Å². The van der Waals surface area contributed by atoms with E-state index in [1.165, 1.54) is 57.3 Å². The molecule has 2 saturated heterocycles. The fourth-order valence-electron chi connectivity index (χ4n) is 6.89. The molecule has 27 heavy (non-hydrogen) atoms. The Hall–Kier alpha value is -1.10. The Bertz CT molecular complexity index is 754. The molecule has 4 nitrogen and oxygen atoms in total. The van der Waals surface area contributed by atoms with Crippen LogP contribution in [0.2, 0.25) is 0 Å². The Morgan fingerprint density at radius 2 is 2.00 bits per heavy atom. The molecule has 3 aliphatic carbocycles. The minimum absolute atomic E-state index is 0.180. The lowest BCUT2D eigenvalue weighted by molar-refractivity contribution is -0.222. The predicted molar refractivity (Wildman–Crippen MR) is 103 cm³/mol. The first-order valence-corrected chi connectivity index (χ1v) is 10.8. The van der Waals surface area contributed by atoms with Crippen LogP contribution in [0.4, 0.5) is 0 Å². The first kappa shape index (κ1) is 16.8. The molecule has 0 N–H and O–H groups in total. The highest BCUT2D eigenvalue weighted by atomic mass is 16.7. The zero-order chi connectivity index (χ0) is 18.1. The average Bonchev–Trinajstić information content (AvgIpc) is 3.30. The molecule has 4 fully saturated rings. The molecule has 0 radical (unpaired) electrons. The van der Waals surface area contributed by atoms with E-state index in [-0.39, 0.29) is 11.2 Å². The number of likely N-dealkylation sites (tertiary alicyclic amines) is 1. The van der Waals surface area contributed by atoms with Gasteiger partial charge in [-0.15, -0.1) is 0 Å². The summed E-state index contributed by atoms with van der Waals surface area (Å²) >= 11 is 0. The van der Waals surface area contributed by atoms with E-state index in [4.69, 9.17) is 14.2 Å². The summed E-state index contributed by atoms with van der Waals surface area (Å²) in [5.41, 5.74) is 3.60. The Morgan fingerprint density at radius 3 is 2.78 bits per heavy atom. The van der Waals surface area contributed by atoms with Gasteiger partial charge in [-0.1, -0.05) is 6.07 Å². The molecule has 2 aliphatic heterocycles. The van der Waals surface area contributed by atoms with Gasteiger partial charge < -0.3 is 19.1 Å².